The molecule has 1 heterocycles. The first kappa shape index (κ1) is 25.3. The topological polar surface area (TPSA) is 86.9 Å². The molecule has 0 saturated heterocycles. The number of nitrogens with one attached hydrogen (secondary N) is 1. The van der Waals surface area contributed by atoms with Gasteiger partial charge in [-0.3, -0.25) is 9.80 Å². The fraction of sp³-hybridized carbons (Fsp3) is 0.519. The Morgan fingerprint density at radius 3 is 2.89 bits per heavy atom. The Bertz CT molecular complexity index is 1120. The maximum atomic E-state index is 12.2. The highest BCUT2D eigenvalue weighted by atomic mass is 32.2. The average Bonchev–Trinajstić information content (AvgIpc) is 3.20. The van der Waals surface area contributed by atoms with Crippen molar-refractivity contribution in [1.29, 1.82) is 5.26 Å². The van der Waals surface area contributed by atoms with Crippen molar-refractivity contribution in [2.45, 2.75) is 64.0 Å². The van der Waals surface area contributed by atoms with Gasteiger partial charge in [0.15, 0.2) is 0 Å². The van der Waals surface area contributed by atoms with Crippen LogP contribution in [0.4, 0.5) is 0 Å². The van der Waals surface area contributed by atoms with Gasteiger partial charge in [0.2, 0.25) is 5.91 Å². The maximum Gasteiger partial charge on any atom is 0.246 e. The third-order valence-electron chi connectivity index (χ3n) is 6.45. The van der Waals surface area contributed by atoms with E-state index in [1.807, 2.05) is 44.1 Å². The van der Waals surface area contributed by atoms with Gasteiger partial charge in [-0.1, -0.05) is 30.8 Å². The smallest absolute Gasteiger partial charge is 0.246 e. The number of thioether (sulfide) groups is 1. The zero-order chi connectivity index (χ0) is 25.1. The van der Waals surface area contributed by atoms with Gasteiger partial charge in [0.1, 0.15) is 28.8 Å². The summed E-state index contributed by atoms with van der Waals surface area (Å²) in [6.07, 6.45) is 6.24. The lowest BCUT2D eigenvalue weighted by atomic mass is 9.76. The number of nitriles is 1. The van der Waals surface area contributed by atoms with Crippen LogP contribution in [-0.4, -0.2) is 48.9 Å². The number of hydrazone groups is 1. The summed E-state index contributed by atoms with van der Waals surface area (Å²) < 4.78 is 10.8. The van der Waals surface area contributed by atoms with E-state index in [9.17, 15) is 10.1 Å². The normalized spacial score (nSPS) is 24.0. The van der Waals surface area contributed by atoms with Gasteiger partial charge in [0.25, 0.3) is 0 Å². The third kappa shape index (κ3) is 5.57. The summed E-state index contributed by atoms with van der Waals surface area (Å²) in [5.74, 6) is 0.904. The van der Waals surface area contributed by atoms with Crippen molar-refractivity contribution in [2.24, 2.45) is 11.0 Å². The molecule has 0 aromatic heterocycles. The molecule has 1 aromatic rings. The van der Waals surface area contributed by atoms with Gasteiger partial charge in [-0.05, 0) is 79.9 Å². The number of hydrogen-bond acceptors (Lipinski definition) is 7. The van der Waals surface area contributed by atoms with Crippen LogP contribution >= 0.6 is 11.8 Å². The average molecular weight is 495 g/mol. The molecule has 35 heavy (non-hydrogen) atoms. The lowest BCUT2D eigenvalue weighted by molar-refractivity contribution is -0.125. The first-order chi connectivity index (χ1) is 16.8. The number of carbonyl (C=O) groups excluding carboxylic acids is 1. The Morgan fingerprint density at radius 2 is 2.17 bits per heavy atom. The van der Waals surface area contributed by atoms with Crippen molar-refractivity contribution in [2.75, 3.05) is 20.8 Å². The second kappa shape index (κ2) is 10.9. The number of nitrogens with zero attached hydrogens (tertiary/aromatic N) is 3. The molecule has 3 aliphatic rings. The van der Waals surface area contributed by atoms with Crippen LogP contribution in [0.15, 0.2) is 46.1 Å². The Morgan fingerprint density at radius 1 is 1.37 bits per heavy atom. The quantitative estimate of drug-likeness (QED) is 0.579. The minimum absolute atomic E-state index is 0.00832. The first-order valence-corrected chi connectivity index (χ1v) is 13.1. The molecular formula is C27H34N4O3S. The molecule has 186 valence electrons. The zero-order valence-electron chi connectivity index (χ0n) is 21.1. The highest BCUT2D eigenvalue weighted by Gasteiger charge is 2.35. The van der Waals surface area contributed by atoms with Crippen molar-refractivity contribution < 1.29 is 14.3 Å². The van der Waals surface area contributed by atoms with E-state index in [1.165, 1.54) is 16.7 Å². The number of allylic oxidation sites excluding steroid dienone is 1. The van der Waals surface area contributed by atoms with Crippen LogP contribution in [0, 0.1) is 17.2 Å². The molecule has 1 N–H and O–H groups in total. The molecule has 4 rings (SSSR count). The molecule has 0 radical (unpaired) electrons. The summed E-state index contributed by atoms with van der Waals surface area (Å²) in [6, 6.07) is 8.13. The molecule has 3 atom stereocenters. The SMILES string of the molecule is COCC(=O)N[C@H]1CCCC2=C(C3=NN(C)C(c4ccc(OC(C)C)c(C#N)c4)S3)CC(C)C=C21. The van der Waals surface area contributed by atoms with Crippen molar-refractivity contribution in [3.63, 3.8) is 0 Å². The van der Waals surface area contributed by atoms with E-state index in [-0.39, 0.29) is 30.0 Å². The van der Waals surface area contributed by atoms with Gasteiger partial charge >= 0.3 is 0 Å². The molecule has 1 aromatic carbocycles. The summed E-state index contributed by atoms with van der Waals surface area (Å²) in [6.45, 7) is 6.21. The number of carbonyl (C=O) groups is 1. The summed E-state index contributed by atoms with van der Waals surface area (Å²) in [4.78, 5) is 12.2. The van der Waals surface area contributed by atoms with Crippen molar-refractivity contribution >= 4 is 22.7 Å². The second-order valence-corrected chi connectivity index (χ2v) is 10.8. The van der Waals surface area contributed by atoms with Gasteiger partial charge in [0, 0.05) is 14.2 Å². The second-order valence-electron chi connectivity index (χ2n) is 9.69. The number of rotatable bonds is 7. The third-order valence-corrected chi connectivity index (χ3v) is 7.80. The molecule has 7 nitrogen and oxygen atoms in total. The lowest BCUT2D eigenvalue weighted by Gasteiger charge is -2.34. The van der Waals surface area contributed by atoms with E-state index in [1.54, 1.807) is 18.9 Å². The fourth-order valence-corrected chi connectivity index (χ4v) is 6.26. The summed E-state index contributed by atoms with van der Waals surface area (Å²) in [5, 5.41) is 20.8. The molecule has 2 unspecified atom stereocenters. The van der Waals surface area contributed by atoms with E-state index >= 15 is 0 Å². The minimum Gasteiger partial charge on any atom is -0.490 e. The molecule has 1 saturated carbocycles. The number of fused-ring (bicyclic) bond motifs is 1. The summed E-state index contributed by atoms with van der Waals surface area (Å²) >= 11 is 1.73. The monoisotopic (exact) mass is 494 g/mol. The van der Waals surface area contributed by atoms with Gasteiger partial charge in [-0.15, -0.1) is 0 Å². The molecule has 1 aliphatic heterocycles. The van der Waals surface area contributed by atoms with E-state index in [0.717, 1.165) is 36.3 Å². The van der Waals surface area contributed by atoms with Gasteiger partial charge in [-0.25, -0.2) is 0 Å². The Hall–Kier alpha value is -2.76. The minimum atomic E-state index is -0.0787. The van der Waals surface area contributed by atoms with E-state index < -0.39 is 0 Å². The largest absolute Gasteiger partial charge is 0.490 e. The summed E-state index contributed by atoms with van der Waals surface area (Å²) in [5.41, 5.74) is 5.43. The number of hydrogen-bond donors (Lipinski definition) is 1. The van der Waals surface area contributed by atoms with Gasteiger partial charge in [0.05, 0.1) is 17.7 Å². The highest BCUT2D eigenvalue weighted by Crippen LogP contribution is 2.46. The van der Waals surface area contributed by atoms with Crippen LogP contribution < -0.4 is 10.1 Å². The standard InChI is InChI=1S/C27H34N4O3S/c1-16(2)34-24-10-9-18(13-19(24)14-28)27-31(4)30-26(35-27)22-12-17(3)11-21-20(22)7-6-8-23(21)29-25(32)15-33-5/h9-11,13,16-17,23,27H,6-8,12,15H2,1-5H3,(H,29,32)/t17?,23-,27?/m0/s1. The number of methoxy groups -OCH3 is 1. The molecule has 0 spiro atoms. The predicted molar refractivity (Wildman–Crippen MR) is 139 cm³/mol. The van der Waals surface area contributed by atoms with Crippen LogP contribution in [0.3, 0.4) is 0 Å². The molecule has 1 amide bonds. The number of benzene rings is 1. The van der Waals surface area contributed by atoms with E-state index in [2.05, 4.69) is 24.4 Å². The van der Waals surface area contributed by atoms with Crippen molar-refractivity contribution in [1.82, 2.24) is 10.3 Å². The Balaban J connectivity index is 1.58. The maximum absolute atomic E-state index is 12.2. The Labute approximate surface area is 212 Å². The van der Waals surface area contributed by atoms with E-state index in [0.29, 0.717) is 17.2 Å². The van der Waals surface area contributed by atoms with Crippen LogP contribution in [0.25, 0.3) is 0 Å². The number of amides is 1. The zero-order valence-corrected chi connectivity index (χ0v) is 21.9. The Kier molecular flexibility index (Phi) is 7.88. The lowest BCUT2D eigenvalue weighted by Crippen LogP contribution is -2.41. The molecule has 0 bridgehead atoms. The van der Waals surface area contributed by atoms with Crippen molar-refractivity contribution in [3.05, 3.63) is 52.1 Å². The predicted octanol–water partition coefficient (Wildman–Crippen LogP) is 4.91. The molecular weight excluding hydrogens is 460 g/mol. The van der Waals surface area contributed by atoms with Gasteiger partial charge in [-0.2, -0.15) is 10.4 Å². The molecule has 2 aliphatic carbocycles. The van der Waals surface area contributed by atoms with Crippen LogP contribution in [-0.2, 0) is 9.53 Å². The molecule has 1 fully saturated rings. The van der Waals surface area contributed by atoms with Crippen LogP contribution in [0.2, 0.25) is 0 Å². The first-order valence-electron chi connectivity index (χ1n) is 12.2. The van der Waals surface area contributed by atoms with Crippen molar-refractivity contribution in [3.8, 4) is 11.8 Å². The van der Waals surface area contributed by atoms with Gasteiger partial charge < -0.3 is 14.8 Å². The summed E-state index contributed by atoms with van der Waals surface area (Å²) in [7, 11) is 3.52. The molecule has 8 heteroatoms. The van der Waals surface area contributed by atoms with E-state index in [4.69, 9.17) is 14.6 Å². The highest BCUT2D eigenvalue weighted by molar-refractivity contribution is 8.14. The van der Waals surface area contributed by atoms with Crippen LogP contribution in [0.5, 0.6) is 5.75 Å². The fourth-order valence-electron chi connectivity index (χ4n) is 5.04. The number of ether oxygens (including phenoxy) is 2. The van der Waals surface area contributed by atoms with Crippen LogP contribution in [0.1, 0.15) is 63.0 Å².